The minimum atomic E-state index is 0.504. The topological polar surface area (TPSA) is 39.9 Å². The summed E-state index contributed by atoms with van der Waals surface area (Å²) in [6, 6.07) is 5.62. The quantitative estimate of drug-likeness (QED) is 0.696. The van der Waals surface area contributed by atoms with Gasteiger partial charge in [-0.2, -0.15) is 0 Å². The third-order valence-corrected chi connectivity index (χ3v) is 1.59. The van der Waals surface area contributed by atoms with Gasteiger partial charge in [0.25, 0.3) is 0 Å². The number of hydrogen-bond donors (Lipinski definition) is 0. The third-order valence-electron chi connectivity index (χ3n) is 1.59. The van der Waals surface area contributed by atoms with Crippen LogP contribution in [0.2, 0.25) is 0 Å². The Morgan fingerprint density at radius 3 is 2.77 bits per heavy atom. The molecule has 0 spiro atoms. The van der Waals surface area contributed by atoms with Gasteiger partial charge < -0.3 is 4.84 Å². The summed E-state index contributed by atoms with van der Waals surface area (Å²) < 4.78 is 0. The summed E-state index contributed by atoms with van der Waals surface area (Å²) in [5.74, 6) is 0. The Hall–Kier alpha value is -1.84. The van der Waals surface area contributed by atoms with Gasteiger partial charge in [0.15, 0.2) is 0 Å². The maximum absolute atomic E-state index is 5.31. The van der Waals surface area contributed by atoms with Crippen LogP contribution in [0.3, 0.4) is 0 Å². The van der Waals surface area contributed by atoms with Gasteiger partial charge in [-0.1, -0.05) is 0 Å². The van der Waals surface area contributed by atoms with Gasteiger partial charge >= 0.3 is 0 Å². The zero-order valence-corrected chi connectivity index (χ0v) is 7.00. The Labute approximate surface area is 75.7 Å². The lowest BCUT2D eigenvalue weighted by Gasteiger charge is -2.03. The molecule has 0 aromatic carbocycles. The Kier molecular flexibility index (Phi) is 2.22. The van der Waals surface area contributed by atoms with Crippen molar-refractivity contribution in [2.75, 3.05) is 0 Å². The van der Waals surface area contributed by atoms with Crippen LogP contribution in [0.1, 0.15) is 5.56 Å². The molecule has 0 aliphatic heterocycles. The normalized spacial score (nSPS) is 9.85. The Bertz CT molecular complexity index is 344. The van der Waals surface area contributed by atoms with Crippen LogP contribution >= 0.6 is 0 Å². The van der Waals surface area contributed by atoms with E-state index in [-0.39, 0.29) is 0 Å². The monoisotopic (exact) mass is 175 g/mol. The molecule has 0 fully saturated rings. The number of pyridine rings is 1. The predicted octanol–water partition coefficient (Wildman–Crippen LogP) is 0.907. The summed E-state index contributed by atoms with van der Waals surface area (Å²) in [6.07, 6.45) is 6.90. The molecule has 0 unspecified atom stereocenters. The summed E-state index contributed by atoms with van der Waals surface area (Å²) in [5, 5.41) is 3.91. The molecule has 66 valence electrons. The molecule has 0 bridgehead atoms. The molecule has 0 saturated heterocycles. The van der Waals surface area contributed by atoms with Crippen molar-refractivity contribution < 1.29 is 4.84 Å². The molecule has 4 heteroatoms. The Morgan fingerprint density at radius 2 is 2.08 bits per heavy atom. The molecular weight excluding hydrogens is 166 g/mol. The average Bonchev–Trinajstić information content (AvgIpc) is 2.69. The first-order chi connectivity index (χ1) is 6.45. The number of nitrogens with zero attached hydrogens (tertiary/aromatic N) is 3. The van der Waals surface area contributed by atoms with Crippen molar-refractivity contribution >= 4 is 0 Å². The second-order valence-corrected chi connectivity index (χ2v) is 2.54. The smallest absolute Gasteiger partial charge is 0.142 e. The highest BCUT2D eigenvalue weighted by molar-refractivity contribution is 5.07. The van der Waals surface area contributed by atoms with Crippen LogP contribution in [0.25, 0.3) is 0 Å². The van der Waals surface area contributed by atoms with E-state index in [1.54, 1.807) is 24.8 Å². The van der Waals surface area contributed by atoms with Gasteiger partial charge in [0.2, 0.25) is 0 Å². The van der Waals surface area contributed by atoms with Gasteiger partial charge in [-0.3, -0.25) is 4.98 Å². The van der Waals surface area contributed by atoms with E-state index < -0.39 is 0 Å². The molecule has 0 aliphatic rings. The standard InChI is InChI=1S/C9H9N3O/c1-4-11-12(7-1)13-8-9-2-5-10-6-3-9/h1-7H,8H2. The van der Waals surface area contributed by atoms with E-state index in [9.17, 15) is 0 Å². The Balaban J connectivity index is 1.94. The van der Waals surface area contributed by atoms with Gasteiger partial charge in [-0.15, -0.1) is 9.94 Å². The van der Waals surface area contributed by atoms with Crippen LogP contribution in [0, 0.1) is 0 Å². The van der Waals surface area contributed by atoms with E-state index in [1.165, 1.54) is 4.85 Å². The average molecular weight is 175 g/mol. The fourth-order valence-electron chi connectivity index (χ4n) is 0.951. The molecule has 0 atom stereocenters. The van der Waals surface area contributed by atoms with Gasteiger partial charge in [0, 0.05) is 12.4 Å². The molecule has 0 radical (unpaired) electrons. The highest BCUT2D eigenvalue weighted by Crippen LogP contribution is 1.96. The lowest BCUT2D eigenvalue weighted by Crippen LogP contribution is -2.11. The van der Waals surface area contributed by atoms with E-state index in [0.29, 0.717) is 6.61 Å². The highest BCUT2D eigenvalue weighted by Gasteiger charge is 1.92. The summed E-state index contributed by atoms with van der Waals surface area (Å²) >= 11 is 0. The molecule has 2 rings (SSSR count). The van der Waals surface area contributed by atoms with Crippen molar-refractivity contribution in [2.24, 2.45) is 0 Å². The molecule has 4 nitrogen and oxygen atoms in total. The second-order valence-electron chi connectivity index (χ2n) is 2.54. The van der Waals surface area contributed by atoms with Gasteiger partial charge in [0.05, 0.1) is 12.4 Å². The molecule has 13 heavy (non-hydrogen) atoms. The first-order valence-corrected chi connectivity index (χ1v) is 3.97. The van der Waals surface area contributed by atoms with Crippen LogP contribution in [0.5, 0.6) is 0 Å². The summed E-state index contributed by atoms with van der Waals surface area (Å²) in [4.78, 5) is 10.7. The predicted molar refractivity (Wildman–Crippen MR) is 46.7 cm³/mol. The lowest BCUT2D eigenvalue weighted by molar-refractivity contribution is 0.0700. The van der Waals surface area contributed by atoms with Crippen LogP contribution in [0.4, 0.5) is 0 Å². The minimum Gasteiger partial charge on any atom is -0.392 e. The Morgan fingerprint density at radius 1 is 1.23 bits per heavy atom. The van der Waals surface area contributed by atoms with Crippen LogP contribution in [-0.2, 0) is 6.61 Å². The zero-order chi connectivity index (χ0) is 8.93. The van der Waals surface area contributed by atoms with Gasteiger partial charge in [0.1, 0.15) is 6.61 Å². The molecular formula is C9H9N3O. The van der Waals surface area contributed by atoms with Crippen molar-refractivity contribution in [1.82, 2.24) is 14.9 Å². The molecule has 2 aromatic rings. The number of hydrogen-bond acceptors (Lipinski definition) is 3. The first kappa shape index (κ1) is 7.79. The van der Waals surface area contributed by atoms with E-state index >= 15 is 0 Å². The fourth-order valence-corrected chi connectivity index (χ4v) is 0.951. The molecule has 2 aromatic heterocycles. The molecule has 0 saturated carbocycles. The number of rotatable bonds is 3. The van der Waals surface area contributed by atoms with Crippen molar-refractivity contribution in [3.05, 3.63) is 48.5 Å². The van der Waals surface area contributed by atoms with Crippen molar-refractivity contribution in [2.45, 2.75) is 6.61 Å². The van der Waals surface area contributed by atoms with E-state index in [0.717, 1.165) is 5.56 Å². The summed E-state index contributed by atoms with van der Waals surface area (Å²) in [5.41, 5.74) is 1.07. The third kappa shape index (κ3) is 2.05. The summed E-state index contributed by atoms with van der Waals surface area (Å²) in [7, 11) is 0. The van der Waals surface area contributed by atoms with Crippen molar-refractivity contribution in [3.8, 4) is 0 Å². The second kappa shape index (κ2) is 3.71. The van der Waals surface area contributed by atoms with Crippen molar-refractivity contribution in [3.63, 3.8) is 0 Å². The largest absolute Gasteiger partial charge is 0.392 e. The molecule has 2 heterocycles. The van der Waals surface area contributed by atoms with Gasteiger partial charge in [-0.25, -0.2) is 0 Å². The number of aromatic nitrogens is 3. The molecule has 0 amide bonds. The molecule has 0 aliphatic carbocycles. The van der Waals surface area contributed by atoms with Crippen molar-refractivity contribution in [1.29, 1.82) is 0 Å². The maximum atomic E-state index is 5.31. The van der Waals surface area contributed by atoms with Crippen LogP contribution in [0.15, 0.2) is 43.0 Å². The van der Waals surface area contributed by atoms with Crippen LogP contribution in [-0.4, -0.2) is 14.9 Å². The van der Waals surface area contributed by atoms with E-state index in [4.69, 9.17) is 4.84 Å². The summed E-state index contributed by atoms with van der Waals surface area (Å²) in [6.45, 7) is 0.504. The lowest BCUT2D eigenvalue weighted by atomic mass is 10.3. The molecule has 0 N–H and O–H groups in total. The highest BCUT2D eigenvalue weighted by atomic mass is 16.7. The van der Waals surface area contributed by atoms with E-state index in [2.05, 4.69) is 10.1 Å². The SMILES string of the molecule is c1cnn(OCc2ccncc2)c1. The van der Waals surface area contributed by atoms with Gasteiger partial charge in [-0.05, 0) is 23.8 Å². The minimum absolute atomic E-state index is 0.504. The zero-order valence-electron chi connectivity index (χ0n) is 7.00. The van der Waals surface area contributed by atoms with E-state index in [1.807, 2.05) is 18.2 Å². The van der Waals surface area contributed by atoms with Crippen LogP contribution < -0.4 is 4.84 Å². The maximum Gasteiger partial charge on any atom is 0.142 e. The first-order valence-electron chi connectivity index (χ1n) is 3.97. The fraction of sp³-hybridized carbons (Fsp3) is 0.111.